The molecule has 0 aliphatic heterocycles. The van der Waals surface area contributed by atoms with Gasteiger partial charge in [-0.3, -0.25) is 0 Å². The molecule has 0 aliphatic rings. The second-order valence-electron chi connectivity index (χ2n) is 3.72. The van der Waals surface area contributed by atoms with Crippen LogP contribution in [0.15, 0.2) is 12.3 Å². The van der Waals surface area contributed by atoms with Crippen LogP contribution in [0.3, 0.4) is 0 Å². The lowest BCUT2D eigenvalue weighted by Gasteiger charge is -2.18. The average Bonchev–Trinajstić information content (AvgIpc) is 2.28. The molecule has 0 aliphatic carbocycles. The predicted octanol–water partition coefficient (Wildman–Crippen LogP) is 1.21. The maximum Gasteiger partial charge on any atom is 0.169 e. The van der Waals surface area contributed by atoms with Crippen molar-refractivity contribution in [2.45, 2.75) is 20.0 Å². The lowest BCUT2D eigenvalue weighted by atomic mass is 10.3. The Morgan fingerprint density at radius 2 is 2.31 bits per heavy atom. The van der Waals surface area contributed by atoms with Gasteiger partial charge in [0.1, 0.15) is 6.07 Å². The summed E-state index contributed by atoms with van der Waals surface area (Å²) in [6, 6.07) is 3.75. The Labute approximate surface area is 95.7 Å². The van der Waals surface area contributed by atoms with Gasteiger partial charge in [0.2, 0.25) is 0 Å². The van der Waals surface area contributed by atoms with Crippen LogP contribution in [0.5, 0.6) is 0 Å². The monoisotopic (exact) mass is 220 g/mol. The van der Waals surface area contributed by atoms with E-state index in [0.29, 0.717) is 24.5 Å². The van der Waals surface area contributed by atoms with Crippen LogP contribution in [-0.4, -0.2) is 36.5 Å². The van der Waals surface area contributed by atoms with Gasteiger partial charge >= 0.3 is 0 Å². The lowest BCUT2D eigenvalue weighted by molar-refractivity contribution is 0.0845. The zero-order valence-electron chi connectivity index (χ0n) is 9.84. The largest absolute Gasteiger partial charge is 0.377 e. The molecular formula is C11H16N4O. The van der Waals surface area contributed by atoms with Crippen LogP contribution in [0.2, 0.25) is 0 Å². The standard InChI is InChI=1S/C11H16N4O/c1-9(2)16-7-6-15(3)11-10(8-12)4-5-13-14-11/h4-5,9H,6-7H2,1-3H3. The Hall–Kier alpha value is -1.67. The molecule has 0 aromatic carbocycles. The first-order chi connectivity index (χ1) is 7.65. The number of nitrogens with zero attached hydrogens (tertiary/aromatic N) is 4. The first kappa shape index (κ1) is 12.4. The maximum absolute atomic E-state index is 8.91. The first-order valence-electron chi connectivity index (χ1n) is 5.19. The highest BCUT2D eigenvalue weighted by Crippen LogP contribution is 2.12. The SMILES string of the molecule is CC(C)OCCN(C)c1nnccc1C#N. The molecular weight excluding hydrogens is 204 g/mol. The van der Waals surface area contributed by atoms with Gasteiger partial charge in [0.15, 0.2) is 5.82 Å². The third kappa shape index (κ3) is 3.48. The molecule has 86 valence electrons. The smallest absolute Gasteiger partial charge is 0.169 e. The molecule has 16 heavy (non-hydrogen) atoms. The molecule has 0 saturated carbocycles. The Bertz CT molecular complexity index is 372. The van der Waals surface area contributed by atoms with Crippen LogP contribution in [-0.2, 0) is 4.74 Å². The van der Waals surface area contributed by atoms with Gasteiger partial charge in [-0.2, -0.15) is 10.4 Å². The zero-order chi connectivity index (χ0) is 12.0. The highest BCUT2D eigenvalue weighted by atomic mass is 16.5. The van der Waals surface area contributed by atoms with Crippen LogP contribution in [0, 0.1) is 11.3 Å². The molecule has 1 rings (SSSR count). The van der Waals surface area contributed by atoms with E-state index in [4.69, 9.17) is 10.00 Å². The molecule has 0 saturated heterocycles. The van der Waals surface area contributed by atoms with Gasteiger partial charge < -0.3 is 9.64 Å². The van der Waals surface area contributed by atoms with Crippen molar-refractivity contribution in [3.63, 3.8) is 0 Å². The quantitative estimate of drug-likeness (QED) is 0.746. The normalized spacial score (nSPS) is 10.2. The molecule has 5 heteroatoms. The Morgan fingerprint density at radius 3 is 2.94 bits per heavy atom. The fourth-order valence-electron chi connectivity index (χ4n) is 1.22. The summed E-state index contributed by atoms with van der Waals surface area (Å²) in [7, 11) is 1.87. The van der Waals surface area contributed by atoms with E-state index in [1.807, 2.05) is 25.8 Å². The van der Waals surface area contributed by atoms with Gasteiger partial charge in [-0.25, -0.2) is 0 Å². The summed E-state index contributed by atoms with van der Waals surface area (Å²) in [5, 5.41) is 16.6. The summed E-state index contributed by atoms with van der Waals surface area (Å²) >= 11 is 0. The number of nitriles is 1. The second kappa shape index (κ2) is 6.03. The van der Waals surface area contributed by atoms with Gasteiger partial charge in [-0.15, -0.1) is 5.10 Å². The van der Waals surface area contributed by atoms with Crippen molar-refractivity contribution in [3.05, 3.63) is 17.8 Å². The van der Waals surface area contributed by atoms with E-state index in [9.17, 15) is 0 Å². The van der Waals surface area contributed by atoms with E-state index in [-0.39, 0.29) is 6.10 Å². The molecule has 0 unspecified atom stereocenters. The number of rotatable bonds is 5. The molecule has 1 aromatic rings. The predicted molar refractivity (Wildman–Crippen MR) is 61.1 cm³/mol. The van der Waals surface area contributed by atoms with E-state index in [0.717, 1.165) is 0 Å². The molecule has 0 N–H and O–H groups in total. The summed E-state index contributed by atoms with van der Waals surface area (Å²) in [6.07, 6.45) is 1.73. The number of hydrogen-bond donors (Lipinski definition) is 0. The first-order valence-corrected chi connectivity index (χ1v) is 5.19. The second-order valence-corrected chi connectivity index (χ2v) is 3.72. The molecule has 5 nitrogen and oxygen atoms in total. The zero-order valence-corrected chi connectivity index (χ0v) is 9.84. The van der Waals surface area contributed by atoms with Crippen molar-refractivity contribution in [3.8, 4) is 6.07 Å². The number of aromatic nitrogens is 2. The fraction of sp³-hybridized carbons (Fsp3) is 0.545. The molecule has 1 aromatic heterocycles. The van der Waals surface area contributed by atoms with Crippen LogP contribution in [0.1, 0.15) is 19.4 Å². The molecule has 0 atom stereocenters. The lowest BCUT2D eigenvalue weighted by Crippen LogP contribution is -2.25. The number of ether oxygens (including phenoxy) is 1. The van der Waals surface area contributed by atoms with Gasteiger partial charge in [0.25, 0.3) is 0 Å². The molecule has 1 heterocycles. The van der Waals surface area contributed by atoms with E-state index in [1.165, 1.54) is 6.20 Å². The Kier molecular flexibility index (Phi) is 4.67. The summed E-state index contributed by atoms with van der Waals surface area (Å²) in [4.78, 5) is 1.87. The Morgan fingerprint density at radius 1 is 1.56 bits per heavy atom. The van der Waals surface area contributed by atoms with Gasteiger partial charge in [-0.05, 0) is 19.9 Å². The van der Waals surface area contributed by atoms with Gasteiger partial charge in [0.05, 0.1) is 24.5 Å². The highest BCUT2D eigenvalue weighted by Gasteiger charge is 2.08. The molecule has 0 radical (unpaired) electrons. The number of likely N-dealkylation sites (N-methyl/N-ethyl adjacent to an activating group) is 1. The van der Waals surface area contributed by atoms with Crippen molar-refractivity contribution >= 4 is 5.82 Å². The van der Waals surface area contributed by atoms with Crippen molar-refractivity contribution in [2.24, 2.45) is 0 Å². The minimum Gasteiger partial charge on any atom is -0.377 e. The molecule has 0 spiro atoms. The van der Waals surface area contributed by atoms with E-state index in [2.05, 4.69) is 16.3 Å². The molecule has 0 amide bonds. The summed E-state index contributed by atoms with van der Waals surface area (Å²) in [5.41, 5.74) is 0.530. The van der Waals surface area contributed by atoms with Crippen LogP contribution >= 0.6 is 0 Å². The summed E-state index contributed by atoms with van der Waals surface area (Å²) in [6.45, 7) is 5.27. The third-order valence-corrected chi connectivity index (χ3v) is 2.06. The number of hydrogen-bond acceptors (Lipinski definition) is 5. The third-order valence-electron chi connectivity index (χ3n) is 2.06. The van der Waals surface area contributed by atoms with Crippen LogP contribution < -0.4 is 4.90 Å². The van der Waals surface area contributed by atoms with E-state index >= 15 is 0 Å². The highest BCUT2D eigenvalue weighted by molar-refractivity contribution is 5.51. The molecule has 0 bridgehead atoms. The van der Waals surface area contributed by atoms with Crippen molar-refractivity contribution in [1.29, 1.82) is 5.26 Å². The molecule has 0 fully saturated rings. The average molecular weight is 220 g/mol. The van der Waals surface area contributed by atoms with E-state index in [1.54, 1.807) is 6.07 Å². The van der Waals surface area contributed by atoms with Crippen molar-refractivity contribution in [1.82, 2.24) is 10.2 Å². The van der Waals surface area contributed by atoms with E-state index < -0.39 is 0 Å². The summed E-state index contributed by atoms with van der Waals surface area (Å²) in [5.74, 6) is 0.595. The van der Waals surface area contributed by atoms with Crippen molar-refractivity contribution < 1.29 is 4.74 Å². The minimum atomic E-state index is 0.214. The van der Waals surface area contributed by atoms with Gasteiger partial charge in [-0.1, -0.05) is 0 Å². The van der Waals surface area contributed by atoms with Crippen molar-refractivity contribution in [2.75, 3.05) is 25.1 Å². The Balaban J connectivity index is 2.59. The van der Waals surface area contributed by atoms with Crippen LogP contribution in [0.25, 0.3) is 0 Å². The number of anilines is 1. The minimum absolute atomic E-state index is 0.214. The van der Waals surface area contributed by atoms with Gasteiger partial charge in [0, 0.05) is 13.6 Å². The van der Waals surface area contributed by atoms with Crippen LogP contribution in [0.4, 0.5) is 5.82 Å². The topological polar surface area (TPSA) is 62.0 Å². The maximum atomic E-state index is 8.91. The summed E-state index contributed by atoms with van der Waals surface area (Å²) < 4.78 is 5.43. The fourth-order valence-corrected chi connectivity index (χ4v) is 1.22.